The van der Waals surface area contributed by atoms with E-state index >= 15 is 0 Å². The van der Waals surface area contributed by atoms with Crippen LogP contribution in [0.2, 0.25) is 0 Å². The van der Waals surface area contributed by atoms with Crippen LogP contribution in [-0.2, 0) is 6.54 Å². The highest BCUT2D eigenvalue weighted by molar-refractivity contribution is 5.49. The van der Waals surface area contributed by atoms with E-state index < -0.39 is 0 Å². The second kappa shape index (κ2) is 7.23. The molecule has 0 amide bonds. The first-order valence-electron chi connectivity index (χ1n) is 7.25. The molecule has 3 aromatic rings. The van der Waals surface area contributed by atoms with Gasteiger partial charge in [-0.3, -0.25) is 4.98 Å². The summed E-state index contributed by atoms with van der Waals surface area (Å²) in [4.78, 5) is 10.7. The monoisotopic (exact) mass is 293 g/mol. The topological polar surface area (TPSA) is 57.2 Å². The number of nitriles is 1. The van der Waals surface area contributed by atoms with Crippen LogP contribution in [0.15, 0.2) is 49.1 Å². The van der Waals surface area contributed by atoms with Crippen molar-refractivity contribution in [2.75, 3.05) is 11.9 Å². The van der Waals surface area contributed by atoms with Gasteiger partial charge in [-0.1, -0.05) is 13.8 Å². The van der Waals surface area contributed by atoms with Gasteiger partial charge in [0.1, 0.15) is 0 Å². The Bertz CT molecular complexity index is 768. The van der Waals surface area contributed by atoms with Gasteiger partial charge in [-0.05, 0) is 24.3 Å². The number of imidazole rings is 1. The van der Waals surface area contributed by atoms with E-state index in [9.17, 15) is 0 Å². The van der Waals surface area contributed by atoms with Gasteiger partial charge in [0.25, 0.3) is 0 Å². The molecule has 112 valence electrons. The molecule has 0 fully saturated rings. The Balaban J connectivity index is 0.000000847. The molecule has 0 aliphatic carbocycles. The Hall–Kier alpha value is -2.87. The lowest BCUT2D eigenvalue weighted by atomic mass is 10.2. The smallest absolute Gasteiger partial charge is 0.155 e. The third-order valence-electron chi connectivity index (χ3n) is 3.17. The lowest BCUT2D eigenvalue weighted by Crippen LogP contribution is -2.17. The Labute approximate surface area is 130 Å². The number of hydrogen-bond acceptors (Lipinski definition) is 4. The molecule has 0 spiro atoms. The third kappa shape index (κ3) is 3.41. The van der Waals surface area contributed by atoms with Crippen LogP contribution in [0.3, 0.4) is 0 Å². The first kappa shape index (κ1) is 15.5. The van der Waals surface area contributed by atoms with Gasteiger partial charge in [0.2, 0.25) is 0 Å². The van der Waals surface area contributed by atoms with Crippen molar-refractivity contribution >= 4 is 11.3 Å². The van der Waals surface area contributed by atoms with E-state index in [0.29, 0.717) is 12.1 Å². The molecule has 3 rings (SSSR count). The standard InChI is InChI=1S/C15H13N5.C2H6/c1-19(14-4-2-12(8-16)3-5-14)10-13-11-20-7-6-17-15(20)9-18-13;1-2/h2-7,9,11H,10H2,1H3;1-2H3. The molecule has 0 atom stereocenters. The quantitative estimate of drug-likeness (QED) is 0.743. The van der Waals surface area contributed by atoms with Crippen molar-refractivity contribution in [1.29, 1.82) is 5.26 Å². The lowest BCUT2D eigenvalue weighted by molar-refractivity contribution is 0.868. The van der Waals surface area contributed by atoms with Crippen molar-refractivity contribution in [3.05, 3.63) is 60.3 Å². The van der Waals surface area contributed by atoms with Crippen LogP contribution in [0.4, 0.5) is 5.69 Å². The maximum atomic E-state index is 8.80. The summed E-state index contributed by atoms with van der Waals surface area (Å²) in [5.74, 6) is 0. The molecule has 0 saturated carbocycles. The molecule has 0 aliphatic heterocycles. The van der Waals surface area contributed by atoms with Crippen LogP contribution < -0.4 is 4.90 Å². The van der Waals surface area contributed by atoms with Crippen LogP contribution in [0.5, 0.6) is 0 Å². The normalized spacial score (nSPS) is 9.73. The molecule has 0 bridgehead atoms. The zero-order valence-corrected chi connectivity index (χ0v) is 13.1. The van der Waals surface area contributed by atoms with E-state index in [-0.39, 0.29) is 0 Å². The lowest BCUT2D eigenvalue weighted by Gasteiger charge is -2.18. The Morgan fingerprint density at radius 1 is 1.18 bits per heavy atom. The van der Waals surface area contributed by atoms with Crippen molar-refractivity contribution in [3.63, 3.8) is 0 Å². The van der Waals surface area contributed by atoms with Crippen LogP contribution in [0.25, 0.3) is 5.65 Å². The van der Waals surface area contributed by atoms with Gasteiger partial charge in [-0.25, -0.2) is 4.98 Å². The predicted octanol–water partition coefficient (Wildman–Crippen LogP) is 3.26. The van der Waals surface area contributed by atoms with Gasteiger partial charge >= 0.3 is 0 Å². The minimum Gasteiger partial charge on any atom is -0.369 e. The van der Waals surface area contributed by atoms with Crippen molar-refractivity contribution < 1.29 is 0 Å². The third-order valence-corrected chi connectivity index (χ3v) is 3.17. The van der Waals surface area contributed by atoms with Crippen molar-refractivity contribution in [1.82, 2.24) is 14.4 Å². The summed E-state index contributed by atoms with van der Waals surface area (Å²) in [6, 6.07) is 9.63. The molecule has 0 aliphatic rings. The predicted molar refractivity (Wildman–Crippen MR) is 87.6 cm³/mol. The summed E-state index contributed by atoms with van der Waals surface area (Å²) in [5.41, 5.74) is 3.52. The molecule has 22 heavy (non-hydrogen) atoms. The highest BCUT2D eigenvalue weighted by Gasteiger charge is 2.04. The minimum atomic E-state index is 0.667. The number of aromatic nitrogens is 3. The van der Waals surface area contributed by atoms with E-state index in [1.165, 1.54) is 0 Å². The van der Waals surface area contributed by atoms with Gasteiger partial charge in [-0.15, -0.1) is 0 Å². The summed E-state index contributed by atoms with van der Waals surface area (Å²) in [7, 11) is 2.00. The van der Waals surface area contributed by atoms with Crippen molar-refractivity contribution in [2.24, 2.45) is 0 Å². The van der Waals surface area contributed by atoms with E-state index in [0.717, 1.165) is 17.0 Å². The van der Waals surface area contributed by atoms with Crippen LogP contribution in [0.1, 0.15) is 25.1 Å². The Morgan fingerprint density at radius 2 is 1.91 bits per heavy atom. The molecule has 0 N–H and O–H groups in total. The summed E-state index contributed by atoms with van der Waals surface area (Å²) < 4.78 is 1.95. The number of anilines is 1. The number of rotatable bonds is 3. The molecule has 1 aromatic carbocycles. The van der Waals surface area contributed by atoms with Crippen molar-refractivity contribution in [2.45, 2.75) is 20.4 Å². The Kier molecular flexibility index (Phi) is 5.10. The van der Waals surface area contributed by atoms with Gasteiger partial charge in [-0.2, -0.15) is 5.26 Å². The van der Waals surface area contributed by atoms with E-state index in [1.54, 1.807) is 12.4 Å². The largest absolute Gasteiger partial charge is 0.369 e. The van der Waals surface area contributed by atoms with Crippen molar-refractivity contribution in [3.8, 4) is 6.07 Å². The van der Waals surface area contributed by atoms with E-state index in [1.807, 2.05) is 62.0 Å². The first-order chi connectivity index (χ1) is 10.8. The molecule has 0 saturated heterocycles. The highest BCUT2D eigenvalue weighted by atomic mass is 15.1. The fraction of sp³-hybridized carbons (Fsp3) is 0.235. The van der Waals surface area contributed by atoms with Crippen LogP contribution in [-0.4, -0.2) is 21.4 Å². The van der Waals surface area contributed by atoms with Gasteiger partial charge in [0, 0.05) is 31.3 Å². The first-order valence-corrected chi connectivity index (χ1v) is 7.25. The van der Waals surface area contributed by atoms with E-state index in [2.05, 4.69) is 20.9 Å². The zero-order chi connectivity index (χ0) is 15.9. The number of benzene rings is 1. The summed E-state index contributed by atoms with van der Waals surface area (Å²) in [5, 5.41) is 8.80. The highest BCUT2D eigenvalue weighted by Crippen LogP contribution is 2.15. The molecule has 0 unspecified atom stereocenters. The molecule has 0 radical (unpaired) electrons. The maximum absolute atomic E-state index is 8.80. The minimum absolute atomic E-state index is 0.667. The number of nitrogens with zero attached hydrogens (tertiary/aromatic N) is 5. The van der Waals surface area contributed by atoms with E-state index in [4.69, 9.17) is 5.26 Å². The summed E-state index contributed by atoms with van der Waals surface area (Å²) >= 11 is 0. The van der Waals surface area contributed by atoms with Gasteiger partial charge < -0.3 is 9.30 Å². The summed E-state index contributed by atoms with van der Waals surface area (Å²) in [6.45, 7) is 4.69. The average Bonchev–Trinajstić information content (AvgIpc) is 3.04. The second-order valence-electron chi connectivity index (χ2n) is 4.59. The van der Waals surface area contributed by atoms with Crippen LogP contribution in [0, 0.1) is 11.3 Å². The number of hydrogen-bond donors (Lipinski definition) is 0. The fourth-order valence-corrected chi connectivity index (χ4v) is 2.07. The van der Waals surface area contributed by atoms with Gasteiger partial charge in [0.05, 0.1) is 30.1 Å². The maximum Gasteiger partial charge on any atom is 0.155 e. The molecule has 5 nitrogen and oxygen atoms in total. The zero-order valence-electron chi connectivity index (χ0n) is 13.1. The summed E-state index contributed by atoms with van der Waals surface area (Å²) in [6.07, 6.45) is 7.40. The average molecular weight is 293 g/mol. The second-order valence-corrected chi connectivity index (χ2v) is 4.59. The SMILES string of the molecule is CC.CN(Cc1cn2ccnc2cn1)c1ccc(C#N)cc1. The molecular formula is C17H19N5. The molecule has 2 aromatic heterocycles. The molecule has 5 heteroatoms. The van der Waals surface area contributed by atoms with Gasteiger partial charge in [0.15, 0.2) is 5.65 Å². The van der Waals surface area contributed by atoms with Crippen LogP contribution >= 0.6 is 0 Å². The molecular weight excluding hydrogens is 274 g/mol. The molecule has 2 heterocycles. The number of fused-ring (bicyclic) bond motifs is 1. The Morgan fingerprint density at radius 3 is 2.59 bits per heavy atom. The fourth-order valence-electron chi connectivity index (χ4n) is 2.07.